The fraction of sp³-hybridized carbons (Fsp3) is 0. The van der Waals surface area contributed by atoms with Crippen LogP contribution in [0.4, 0.5) is 4.39 Å². The van der Waals surface area contributed by atoms with Crippen molar-refractivity contribution in [2.45, 2.75) is 0 Å². The molecule has 124 valence electrons. The van der Waals surface area contributed by atoms with Gasteiger partial charge in [-0.2, -0.15) is 4.98 Å². The van der Waals surface area contributed by atoms with Crippen molar-refractivity contribution in [2.75, 3.05) is 0 Å². The number of nitrogens with zero attached hydrogens (tertiary/aromatic N) is 2. The molecule has 8 heteroatoms. The molecule has 0 unspecified atom stereocenters. The van der Waals surface area contributed by atoms with Crippen molar-refractivity contribution in [1.82, 2.24) is 15.1 Å². The van der Waals surface area contributed by atoms with Crippen LogP contribution in [0.1, 0.15) is 0 Å². The van der Waals surface area contributed by atoms with E-state index in [2.05, 4.69) is 15.1 Å². The van der Waals surface area contributed by atoms with Crippen molar-refractivity contribution in [2.24, 2.45) is 0 Å². The summed E-state index contributed by atoms with van der Waals surface area (Å²) in [5.41, 5.74) is -0.176. The number of aromatic hydroxyl groups is 1. The van der Waals surface area contributed by atoms with E-state index in [1.165, 1.54) is 12.1 Å². The number of aromatic nitrogens is 3. The Morgan fingerprint density at radius 2 is 2.00 bits per heavy atom. The van der Waals surface area contributed by atoms with Crippen molar-refractivity contribution in [3.63, 3.8) is 0 Å². The summed E-state index contributed by atoms with van der Waals surface area (Å²) in [5, 5.41) is 14.9. The molecule has 2 aromatic heterocycles. The molecular formula is C17H9ClFN3O3. The third kappa shape index (κ3) is 2.54. The lowest BCUT2D eigenvalue weighted by atomic mass is 10.1. The fourth-order valence-corrected chi connectivity index (χ4v) is 2.75. The number of rotatable bonds is 2. The monoisotopic (exact) mass is 357 g/mol. The van der Waals surface area contributed by atoms with Crippen molar-refractivity contribution in [1.29, 1.82) is 0 Å². The summed E-state index contributed by atoms with van der Waals surface area (Å²) < 4.78 is 18.4. The van der Waals surface area contributed by atoms with E-state index in [4.69, 9.17) is 16.1 Å². The molecule has 0 saturated carbocycles. The van der Waals surface area contributed by atoms with Gasteiger partial charge in [0.1, 0.15) is 17.1 Å². The number of fused-ring (bicyclic) bond motifs is 1. The predicted molar refractivity (Wildman–Crippen MR) is 89.9 cm³/mol. The van der Waals surface area contributed by atoms with Crippen molar-refractivity contribution in [3.8, 4) is 28.6 Å². The van der Waals surface area contributed by atoms with Crippen LogP contribution in [0.2, 0.25) is 5.02 Å². The molecular weight excluding hydrogens is 349 g/mol. The van der Waals surface area contributed by atoms with Gasteiger partial charge in [-0.15, -0.1) is 0 Å². The lowest BCUT2D eigenvalue weighted by Gasteiger charge is -2.04. The number of aromatic amines is 1. The zero-order valence-corrected chi connectivity index (χ0v) is 13.2. The topological polar surface area (TPSA) is 92.0 Å². The summed E-state index contributed by atoms with van der Waals surface area (Å²) >= 11 is 6.10. The second kappa shape index (κ2) is 5.71. The minimum Gasteiger partial charge on any atom is -0.506 e. The van der Waals surface area contributed by atoms with Crippen LogP contribution in [-0.2, 0) is 0 Å². The first kappa shape index (κ1) is 15.3. The van der Waals surface area contributed by atoms with Crippen molar-refractivity contribution < 1.29 is 14.0 Å². The van der Waals surface area contributed by atoms with E-state index in [9.17, 15) is 14.3 Å². The second-order valence-electron chi connectivity index (χ2n) is 5.27. The van der Waals surface area contributed by atoms with Crippen molar-refractivity contribution >= 4 is 22.5 Å². The normalized spacial score (nSPS) is 11.1. The van der Waals surface area contributed by atoms with Gasteiger partial charge >= 0.3 is 0 Å². The van der Waals surface area contributed by atoms with E-state index in [1.54, 1.807) is 24.3 Å². The van der Waals surface area contributed by atoms with Gasteiger partial charge in [0.25, 0.3) is 11.4 Å². The van der Waals surface area contributed by atoms with Crippen LogP contribution in [0.5, 0.6) is 5.75 Å². The van der Waals surface area contributed by atoms with Crippen LogP contribution < -0.4 is 5.56 Å². The van der Waals surface area contributed by atoms with Crippen LogP contribution in [-0.4, -0.2) is 20.2 Å². The molecule has 0 aliphatic heterocycles. The van der Waals surface area contributed by atoms with Crippen LogP contribution in [0.25, 0.3) is 33.7 Å². The van der Waals surface area contributed by atoms with Crippen LogP contribution in [0.15, 0.2) is 51.8 Å². The lowest BCUT2D eigenvalue weighted by molar-refractivity contribution is 0.426. The Labute approximate surface area is 144 Å². The highest BCUT2D eigenvalue weighted by Gasteiger charge is 2.21. The highest BCUT2D eigenvalue weighted by Crippen LogP contribution is 2.33. The van der Waals surface area contributed by atoms with E-state index in [1.807, 2.05) is 0 Å². The Balaban J connectivity index is 1.90. The number of H-pyrrole nitrogens is 1. The SMILES string of the molecule is O=c1[nH]c2cc(F)ccc2c(O)c1-c1nc(-c2ccccc2Cl)no1. The molecule has 2 aromatic carbocycles. The Morgan fingerprint density at radius 3 is 2.80 bits per heavy atom. The van der Waals surface area contributed by atoms with Gasteiger partial charge in [0.05, 0.1) is 10.5 Å². The summed E-state index contributed by atoms with van der Waals surface area (Å²) in [6.45, 7) is 0. The first-order chi connectivity index (χ1) is 12.0. The Hall–Kier alpha value is -3.19. The molecule has 25 heavy (non-hydrogen) atoms. The molecule has 0 amide bonds. The maximum Gasteiger partial charge on any atom is 0.267 e. The number of hydrogen-bond donors (Lipinski definition) is 2. The number of hydrogen-bond acceptors (Lipinski definition) is 5. The van der Waals surface area contributed by atoms with Crippen LogP contribution in [0, 0.1) is 5.82 Å². The van der Waals surface area contributed by atoms with E-state index < -0.39 is 11.4 Å². The summed E-state index contributed by atoms with van der Waals surface area (Å²) in [6, 6.07) is 10.5. The first-order valence-electron chi connectivity index (χ1n) is 7.18. The third-order valence-corrected chi connectivity index (χ3v) is 4.03. The minimum absolute atomic E-state index is 0.164. The van der Waals surface area contributed by atoms with Gasteiger partial charge in [0.2, 0.25) is 5.82 Å². The van der Waals surface area contributed by atoms with Gasteiger partial charge in [-0.05, 0) is 30.3 Å². The van der Waals surface area contributed by atoms with E-state index in [0.29, 0.717) is 10.6 Å². The minimum atomic E-state index is -0.676. The van der Waals surface area contributed by atoms with E-state index in [0.717, 1.165) is 6.07 Å². The molecule has 0 aliphatic rings. The summed E-state index contributed by atoms with van der Waals surface area (Å²) in [6.07, 6.45) is 0. The van der Waals surface area contributed by atoms with Gasteiger partial charge in [0, 0.05) is 10.9 Å². The zero-order chi connectivity index (χ0) is 17.6. The smallest absolute Gasteiger partial charge is 0.267 e. The van der Waals surface area contributed by atoms with Gasteiger partial charge in [-0.25, -0.2) is 4.39 Å². The number of pyridine rings is 1. The fourth-order valence-electron chi connectivity index (χ4n) is 2.53. The molecule has 4 aromatic rings. The third-order valence-electron chi connectivity index (χ3n) is 3.70. The molecule has 0 spiro atoms. The Morgan fingerprint density at radius 1 is 1.20 bits per heavy atom. The van der Waals surface area contributed by atoms with Crippen molar-refractivity contribution in [3.05, 3.63) is 63.7 Å². The van der Waals surface area contributed by atoms with Crippen LogP contribution >= 0.6 is 11.6 Å². The average molecular weight is 358 g/mol. The van der Waals surface area contributed by atoms with Crippen LogP contribution in [0.3, 0.4) is 0 Å². The predicted octanol–water partition coefficient (Wildman–Crippen LogP) is 3.74. The Kier molecular flexibility index (Phi) is 3.51. The molecule has 4 rings (SSSR count). The first-order valence-corrected chi connectivity index (χ1v) is 7.56. The van der Waals surface area contributed by atoms with E-state index >= 15 is 0 Å². The summed E-state index contributed by atoms with van der Waals surface area (Å²) in [5.74, 6) is -0.888. The number of nitrogens with one attached hydrogen (secondary N) is 1. The second-order valence-corrected chi connectivity index (χ2v) is 5.68. The molecule has 0 fully saturated rings. The standard InChI is InChI=1S/C17H9ClFN3O3/c18-11-4-2-1-3-9(11)15-21-17(25-22-15)13-14(23)10-6-5-8(19)7-12(10)20-16(13)24/h1-7H,(H2,20,23,24). The highest BCUT2D eigenvalue weighted by molar-refractivity contribution is 6.33. The Bertz CT molecular complexity index is 1170. The lowest BCUT2D eigenvalue weighted by Crippen LogP contribution is -2.09. The zero-order valence-electron chi connectivity index (χ0n) is 12.5. The molecule has 0 atom stereocenters. The number of benzene rings is 2. The molecule has 0 bridgehead atoms. The highest BCUT2D eigenvalue weighted by atomic mass is 35.5. The van der Waals surface area contributed by atoms with Gasteiger partial charge in [-0.1, -0.05) is 28.9 Å². The van der Waals surface area contributed by atoms with E-state index in [-0.39, 0.29) is 33.9 Å². The van der Waals surface area contributed by atoms with Gasteiger partial charge in [0.15, 0.2) is 0 Å². The maximum absolute atomic E-state index is 13.3. The quantitative estimate of drug-likeness (QED) is 0.570. The summed E-state index contributed by atoms with van der Waals surface area (Å²) in [7, 11) is 0. The summed E-state index contributed by atoms with van der Waals surface area (Å²) in [4.78, 5) is 18.9. The molecule has 2 heterocycles. The van der Waals surface area contributed by atoms with Gasteiger partial charge in [-0.3, -0.25) is 4.79 Å². The number of halogens is 2. The molecule has 0 aliphatic carbocycles. The molecule has 2 N–H and O–H groups in total. The molecule has 0 saturated heterocycles. The maximum atomic E-state index is 13.3. The largest absolute Gasteiger partial charge is 0.506 e. The van der Waals surface area contributed by atoms with Gasteiger partial charge < -0.3 is 14.6 Å². The average Bonchev–Trinajstić information content (AvgIpc) is 3.04. The molecule has 0 radical (unpaired) electrons. The molecule has 6 nitrogen and oxygen atoms in total.